The van der Waals surface area contributed by atoms with Crippen molar-refractivity contribution in [2.75, 3.05) is 18.4 Å². The van der Waals surface area contributed by atoms with E-state index < -0.39 is 0 Å². The van der Waals surface area contributed by atoms with Gasteiger partial charge >= 0.3 is 0 Å². The fourth-order valence-corrected chi connectivity index (χ4v) is 3.44. The second-order valence-corrected chi connectivity index (χ2v) is 6.92. The van der Waals surface area contributed by atoms with E-state index in [0.717, 1.165) is 0 Å². The number of carbonyl (C=O) groups is 2. The summed E-state index contributed by atoms with van der Waals surface area (Å²) >= 11 is 1.39. The van der Waals surface area contributed by atoms with Crippen LogP contribution in [0.1, 0.15) is 33.9 Å². The Kier molecular flexibility index (Phi) is 4.97. The molecule has 1 N–H and O–H groups in total. The molecule has 1 aliphatic rings. The molecule has 0 bridgehead atoms. The number of nitrogens with zero attached hydrogens (tertiary/aromatic N) is 1. The molecule has 3 rings (SSSR count). The summed E-state index contributed by atoms with van der Waals surface area (Å²) in [7, 11) is 0. The van der Waals surface area contributed by atoms with E-state index in [1.807, 2.05) is 30.2 Å². The molecular formula is C18H20N2O3S. The maximum atomic E-state index is 12.6. The van der Waals surface area contributed by atoms with Crippen LogP contribution in [0.2, 0.25) is 0 Å². The average molecular weight is 344 g/mol. The summed E-state index contributed by atoms with van der Waals surface area (Å²) in [4.78, 5) is 27.1. The van der Waals surface area contributed by atoms with Crippen molar-refractivity contribution in [1.82, 2.24) is 4.90 Å². The number of benzene rings is 1. The lowest BCUT2D eigenvalue weighted by atomic mass is 10.1. The van der Waals surface area contributed by atoms with E-state index in [4.69, 9.17) is 4.74 Å². The van der Waals surface area contributed by atoms with Crippen LogP contribution in [-0.4, -0.2) is 42.0 Å². The minimum absolute atomic E-state index is 0.00636. The molecule has 1 aliphatic heterocycles. The van der Waals surface area contributed by atoms with Crippen LogP contribution in [0, 0.1) is 0 Å². The lowest BCUT2D eigenvalue weighted by Gasteiger charge is -2.35. The quantitative estimate of drug-likeness (QED) is 0.930. The van der Waals surface area contributed by atoms with Crippen molar-refractivity contribution in [1.29, 1.82) is 0 Å². The Labute approximate surface area is 145 Å². The van der Waals surface area contributed by atoms with Gasteiger partial charge in [-0.25, -0.2) is 0 Å². The van der Waals surface area contributed by atoms with Gasteiger partial charge in [-0.05, 0) is 49.6 Å². The van der Waals surface area contributed by atoms with Crippen LogP contribution in [-0.2, 0) is 4.74 Å². The smallest absolute Gasteiger partial charge is 0.265 e. The fourth-order valence-electron chi connectivity index (χ4n) is 2.82. The topological polar surface area (TPSA) is 58.6 Å². The van der Waals surface area contributed by atoms with Crippen molar-refractivity contribution in [3.05, 3.63) is 52.2 Å². The largest absolute Gasteiger partial charge is 0.372 e. The number of ether oxygens (including phenoxy) is 1. The van der Waals surface area contributed by atoms with E-state index in [9.17, 15) is 9.59 Å². The number of hydrogen-bond acceptors (Lipinski definition) is 4. The summed E-state index contributed by atoms with van der Waals surface area (Å²) in [5.74, 6) is -0.145. The van der Waals surface area contributed by atoms with Gasteiger partial charge in [-0.15, -0.1) is 11.3 Å². The van der Waals surface area contributed by atoms with Gasteiger partial charge in [0.15, 0.2) is 0 Å². The minimum atomic E-state index is -0.139. The SMILES string of the molecule is CC1CN(C(=O)c2ccc(NC(=O)c3cccs3)cc2)CC(C)O1. The molecule has 2 unspecified atom stereocenters. The van der Waals surface area contributed by atoms with Crippen LogP contribution in [0.5, 0.6) is 0 Å². The first-order valence-electron chi connectivity index (χ1n) is 7.92. The van der Waals surface area contributed by atoms with E-state index in [1.54, 1.807) is 30.3 Å². The van der Waals surface area contributed by atoms with E-state index in [2.05, 4.69) is 5.32 Å². The van der Waals surface area contributed by atoms with Crippen molar-refractivity contribution in [2.45, 2.75) is 26.1 Å². The molecule has 0 spiro atoms. The third-order valence-electron chi connectivity index (χ3n) is 3.84. The monoisotopic (exact) mass is 344 g/mol. The Morgan fingerprint density at radius 3 is 2.38 bits per heavy atom. The van der Waals surface area contributed by atoms with Crippen LogP contribution in [0.3, 0.4) is 0 Å². The number of thiophene rings is 1. The number of carbonyl (C=O) groups excluding carboxylic acids is 2. The first-order chi connectivity index (χ1) is 11.5. The zero-order chi connectivity index (χ0) is 17.1. The molecule has 2 aromatic rings. The van der Waals surface area contributed by atoms with Crippen LogP contribution < -0.4 is 5.32 Å². The van der Waals surface area contributed by atoms with Gasteiger partial charge in [0.05, 0.1) is 17.1 Å². The molecule has 0 radical (unpaired) electrons. The maximum Gasteiger partial charge on any atom is 0.265 e. The van der Waals surface area contributed by atoms with Crippen molar-refractivity contribution < 1.29 is 14.3 Å². The van der Waals surface area contributed by atoms with Crippen molar-refractivity contribution >= 4 is 28.8 Å². The Bertz CT molecular complexity index is 702. The highest BCUT2D eigenvalue weighted by Crippen LogP contribution is 2.17. The van der Waals surface area contributed by atoms with Gasteiger partial charge in [0.1, 0.15) is 0 Å². The molecule has 126 valence electrons. The van der Waals surface area contributed by atoms with Crippen molar-refractivity contribution in [3.8, 4) is 0 Å². The maximum absolute atomic E-state index is 12.6. The highest BCUT2D eigenvalue weighted by molar-refractivity contribution is 7.12. The van der Waals surface area contributed by atoms with Gasteiger partial charge < -0.3 is 15.0 Å². The van der Waals surface area contributed by atoms with Crippen molar-refractivity contribution in [2.24, 2.45) is 0 Å². The normalized spacial score (nSPS) is 20.7. The highest BCUT2D eigenvalue weighted by Gasteiger charge is 2.26. The zero-order valence-electron chi connectivity index (χ0n) is 13.7. The molecule has 5 nitrogen and oxygen atoms in total. The van der Waals surface area contributed by atoms with E-state index in [0.29, 0.717) is 29.2 Å². The third-order valence-corrected chi connectivity index (χ3v) is 4.71. The molecule has 1 saturated heterocycles. The second-order valence-electron chi connectivity index (χ2n) is 5.98. The molecule has 0 aliphatic carbocycles. The summed E-state index contributed by atoms with van der Waals surface area (Å²) in [6.07, 6.45) is 0.0871. The van der Waals surface area contributed by atoms with E-state index >= 15 is 0 Å². The molecule has 2 heterocycles. The summed E-state index contributed by atoms with van der Waals surface area (Å²) in [6, 6.07) is 10.6. The summed E-state index contributed by atoms with van der Waals surface area (Å²) in [5, 5.41) is 4.69. The average Bonchev–Trinajstić information content (AvgIpc) is 3.08. The fraction of sp³-hybridized carbons (Fsp3) is 0.333. The molecule has 2 amide bonds. The first kappa shape index (κ1) is 16.7. The Hall–Kier alpha value is -2.18. The Balaban J connectivity index is 1.65. The van der Waals surface area contributed by atoms with Crippen molar-refractivity contribution in [3.63, 3.8) is 0 Å². The standard InChI is InChI=1S/C18H20N2O3S/c1-12-10-20(11-13(2)23-12)18(22)14-5-7-15(8-6-14)19-17(21)16-4-3-9-24-16/h3-9,12-13H,10-11H2,1-2H3,(H,19,21). The number of anilines is 1. The van der Waals surface area contributed by atoms with Gasteiger partial charge in [-0.2, -0.15) is 0 Å². The predicted molar refractivity (Wildman–Crippen MR) is 94.6 cm³/mol. The number of amides is 2. The van der Waals surface area contributed by atoms with Gasteiger partial charge in [0.25, 0.3) is 11.8 Å². The second kappa shape index (κ2) is 7.15. The van der Waals surface area contributed by atoms with Crippen LogP contribution >= 0.6 is 11.3 Å². The van der Waals surface area contributed by atoms with Crippen LogP contribution in [0.15, 0.2) is 41.8 Å². The van der Waals surface area contributed by atoms with E-state index in [-0.39, 0.29) is 24.0 Å². The molecule has 1 aromatic carbocycles. The number of morpholine rings is 1. The molecule has 0 saturated carbocycles. The molecular weight excluding hydrogens is 324 g/mol. The molecule has 24 heavy (non-hydrogen) atoms. The number of rotatable bonds is 3. The molecule has 6 heteroatoms. The van der Waals surface area contributed by atoms with Crippen LogP contribution in [0.25, 0.3) is 0 Å². The lowest BCUT2D eigenvalue weighted by Crippen LogP contribution is -2.48. The van der Waals surface area contributed by atoms with Gasteiger partial charge in [0.2, 0.25) is 0 Å². The summed E-state index contributed by atoms with van der Waals surface area (Å²) < 4.78 is 5.66. The van der Waals surface area contributed by atoms with E-state index in [1.165, 1.54) is 11.3 Å². The molecule has 2 atom stereocenters. The highest BCUT2D eigenvalue weighted by atomic mass is 32.1. The third kappa shape index (κ3) is 3.83. The first-order valence-corrected chi connectivity index (χ1v) is 8.80. The summed E-state index contributed by atoms with van der Waals surface area (Å²) in [6.45, 7) is 5.14. The minimum Gasteiger partial charge on any atom is -0.372 e. The Morgan fingerprint density at radius 1 is 1.12 bits per heavy atom. The number of nitrogens with one attached hydrogen (secondary N) is 1. The molecule has 1 fully saturated rings. The predicted octanol–water partition coefficient (Wildman–Crippen LogP) is 3.25. The number of hydrogen-bond donors (Lipinski definition) is 1. The van der Waals surface area contributed by atoms with Gasteiger partial charge in [0, 0.05) is 24.3 Å². The lowest BCUT2D eigenvalue weighted by molar-refractivity contribution is -0.0586. The summed E-state index contributed by atoms with van der Waals surface area (Å²) in [5.41, 5.74) is 1.29. The van der Waals surface area contributed by atoms with Gasteiger partial charge in [-0.1, -0.05) is 6.07 Å². The van der Waals surface area contributed by atoms with Gasteiger partial charge in [-0.3, -0.25) is 9.59 Å². The zero-order valence-corrected chi connectivity index (χ0v) is 14.5. The Morgan fingerprint density at radius 2 is 1.79 bits per heavy atom. The molecule has 1 aromatic heterocycles. The van der Waals surface area contributed by atoms with Crippen LogP contribution in [0.4, 0.5) is 5.69 Å².